The van der Waals surface area contributed by atoms with Gasteiger partial charge in [0.25, 0.3) is 0 Å². The lowest BCUT2D eigenvalue weighted by Gasteiger charge is -2.38. The number of nitrogens with one attached hydrogen (secondary N) is 1. The summed E-state index contributed by atoms with van der Waals surface area (Å²) in [6.07, 6.45) is 0.738. The van der Waals surface area contributed by atoms with Crippen LogP contribution < -0.4 is 10.2 Å². The van der Waals surface area contributed by atoms with E-state index in [2.05, 4.69) is 10.5 Å². The number of piperidine rings is 1. The minimum absolute atomic E-state index is 0.120. The minimum atomic E-state index is -0.468. The SMILES string of the molecule is CC1C(=O)CN1c1ccc2c(C3CCC(=O)NC3=O)noc2c1. The topological polar surface area (TPSA) is 92.5 Å². The number of carbonyl (C=O) groups excluding carboxylic acids is 3. The number of benzene rings is 1. The third kappa shape index (κ3) is 2.11. The number of amides is 2. The van der Waals surface area contributed by atoms with Crippen LogP contribution in [0.1, 0.15) is 31.4 Å². The fourth-order valence-corrected chi connectivity index (χ4v) is 3.14. The average Bonchev–Trinajstić information content (AvgIpc) is 2.95. The molecule has 2 unspecified atom stereocenters. The maximum atomic E-state index is 12.0. The largest absolute Gasteiger partial charge is 0.356 e. The van der Waals surface area contributed by atoms with Crippen molar-refractivity contribution in [2.24, 2.45) is 0 Å². The Morgan fingerprint density at radius 2 is 2.13 bits per heavy atom. The first-order valence-electron chi connectivity index (χ1n) is 7.57. The van der Waals surface area contributed by atoms with E-state index in [0.29, 0.717) is 30.7 Å². The molecule has 2 saturated heterocycles. The van der Waals surface area contributed by atoms with Crippen LogP contribution >= 0.6 is 0 Å². The normalized spacial score (nSPS) is 24.7. The van der Waals surface area contributed by atoms with E-state index in [1.54, 1.807) is 0 Å². The molecule has 2 aliphatic rings. The van der Waals surface area contributed by atoms with Gasteiger partial charge in [-0.15, -0.1) is 0 Å². The van der Waals surface area contributed by atoms with E-state index < -0.39 is 5.92 Å². The van der Waals surface area contributed by atoms with Gasteiger partial charge in [0.1, 0.15) is 5.69 Å². The molecule has 118 valence electrons. The molecule has 1 aromatic carbocycles. The highest BCUT2D eigenvalue weighted by Crippen LogP contribution is 2.33. The molecule has 0 radical (unpaired) electrons. The Labute approximate surface area is 131 Å². The van der Waals surface area contributed by atoms with Crippen LogP contribution in [0.15, 0.2) is 22.7 Å². The zero-order valence-electron chi connectivity index (χ0n) is 12.5. The summed E-state index contributed by atoms with van der Waals surface area (Å²) < 4.78 is 5.37. The molecule has 2 aromatic rings. The predicted octanol–water partition coefficient (Wildman–Crippen LogP) is 1.13. The van der Waals surface area contributed by atoms with Crippen LogP contribution in [0.2, 0.25) is 0 Å². The molecule has 0 saturated carbocycles. The third-order valence-electron chi connectivity index (χ3n) is 4.64. The number of hydrogen-bond donors (Lipinski definition) is 1. The lowest BCUT2D eigenvalue weighted by atomic mass is 9.92. The Hall–Kier alpha value is -2.70. The second-order valence-corrected chi connectivity index (χ2v) is 6.02. The van der Waals surface area contributed by atoms with Crippen molar-refractivity contribution in [3.05, 3.63) is 23.9 Å². The molecule has 0 spiro atoms. The van der Waals surface area contributed by atoms with Gasteiger partial charge in [0.15, 0.2) is 11.4 Å². The van der Waals surface area contributed by atoms with E-state index in [9.17, 15) is 14.4 Å². The number of hydrogen-bond acceptors (Lipinski definition) is 6. The molecular formula is C16H15N3O4. The van der Waals surface area contributed by atoms with Crippen molar-refractivity contribution >= 4 is 34.3 Å². The Bertz CT molecular complexity index is 841. The number of aromatic nitrogens is 1. The summed E-state index contributed by atoms with van der Waals surface area (Å²) in [4.78, 5) is 36.6. The van der Waals surface area contributed by atoms with Gasteiger partial charge in [0.05, 0.1) is 18.5 Å². The summed E-state index contributed by atoms with van der Waals surface area (Å²) in [5.74, 6) is -0.837. The van der Waals surface area contributed by atoms with Crippen LogP contribution in [0.25, 0.3) is 11.0 Å². The highest BCUT2D eigenvalue weighted by molar-refractivity contribution is 6.03. The van der Waals surface area contributed by atoms with Crippen LogP contribution in [0, 0.1) is 0 Å². The van der Waals surface area contributed by atoms with Crippen LogP contribution in [0.3, 0.4) is 0 Å². The molecule has 0 bridgehead atoms. The van der Waals surface area contributed by atoms with E-state index >= 15 is 0 Å². The molecule has 7 nitrogen and oxygen atoms in total. The van der Waals surface area contributed by atoms with Gasteiger partial charge in [-0.25, -0.2) is 0 Å². The number of ketones is 1. The fourth-order valence-electron chi connectivity index (χ4n) is 3.14. The molecule has 1 aromatic heterocycles. The van der Waals surface area contributed by atoms with E-state index in [-0.39, 0.29) is 23.6 Å². The molecular weight excluding hydrogens is 298 g/mol. The molecule has 7 heteroatoms. The first kappa shape index (κ1) is 13.9. The molecule has 2 amide bonds. The summed E-state index contributed by atoms with van der Waals surface area (Å²) >= 11 is 0. The predicted molar refractivity (Wildman–Crippen MR) is 80.9 cm³/mol. The van der Waals surface area contributed by atoms with Gasteiger partial charge in [0, 0.05) is 23.6 Å². The van der Waals surface area contributed by atoms with Crippen LogP contribution in [-0.4, -0.2) is 35.3 Å². The molecule has 2 atom stereocenters. The number of nitrogens with zero attached hydrogens (tertiary/aromatic N) is 2. The number of rotatable bonds is 2. The van der Waals surface area contributed by atoms with Crippen molar-refractivity contribution in [2.75, 3.05) is 11.4 Å². The highest BCUT2D eigenvalue weighted by Gasteiger charge is 2.35. The Kier molecular flexibility index (Phi) is 2.97. The lowest BCUT2D eigenvalue weighted by molar-refractivity contribution is -0.134. The summed E-state index contributed by atoms with van der Waals surface area (Å²) in [6.45, 7) is 2.27. The molecule has 23 heavy (non-hydrogen) atoms. The molecule has 2 aliphatic heterocycles. The maximum Gasteiger partial charge on any atom is 0.235 e. The maximum absolute atomic E-state index is 12.0. The molecule has 0 aliphatic carbocycles. The van der Waals surface area contributed by atoms with Crippen molar-refractivity contribution in [2.45, 2.75) is 31.7 Å². The number of anilines is 1. The quantitative estimate of drug-likeness (QED) is 0.835. The second-order valence-electron chi connectivity index (χ2n) is 6.02. The zero-order chi connectivity index (χ0) is 16.1. The molecule has 2 fully saturated rings. The van der Waals surface area contributed by atoms with Gasteiger partial charge in [-0.05, 0) is 25.5 Å². The lowest BCUT2D eigenvalue weighted by Crippen LogP contribution is -2.55. The average molecular weight is 313 g/mol. The zero-order valence-corrected chi connectivity index (χ0v) is 12.5. The monoisotopic (exact) mass is 313 g/mol. The highest BCUT2D eigenvalue weighted by atomic mass is 16.5. The summed E-state index contributed by atoms with van der Waals surface area (Å²) in [5.41, 5.74) is 2.04. The minimum Gasteiger partial charge on any atom is -0.356 e. The second kappa shape index (κ2) is 4.91. The summed E-state index contributed by atoms with van der Waals surface area (Å²) in [7, 11) is 0. The number of imide groups is 1. The molecule has 1 N–H and O–H groups in total. The van der Waals surface area contributed by atoms with Gasteiger partial charge >= 0.3 is 0 Å². The number of carbonyl (C=O) groups is 3. The van der Waals surface area contributed by atoms with Crippen LogP contribution in [0.4, 0.5) is 5.69 Å². The Morgan fingerprint density at radius 1 is 1.30 bits per heavy atom. The van der Waals surface area contributed by atoms with Gasteiger partial charge < -0.3 is 9.42 Å². The van der Waals surface area contributed by atoms with Crippen molar-refractivity contribution in [3.63, 3.8) is 0 Å². The first-order valence-corrected chi connectivity index (χ1v) is 7.57. The van der Waals surface area contributed by atoms with E-state index in [4.69, 9.17) is 4.52 Å². The van der Waals surface area contributed by atoms with E-state index in [0.717, 1.165) is 11.1 Å². The van der Waals surface area contributed by atoms with Gasteiger partial charge in [0.2, 0.25) is 11.8 Å². The molecule has 3 heterocycles. The van der Waals surface area contributed by atoms with E-state index in [1.165, 1.54) is 0 Å². The molecule has 4 rings (SSSR count). The van der Waals surface area contributed by atoms with Gasteiger partial charge in [-0.2, -0.15) is 0 Å². The Morgan fingerprint density at radius 3 is 2.83 bits per heavy atom. The van der Waals surface area contributed by atoms with Crippen molar-refractivity contribution in [3.8, 4) is 0 Å². The number of fused-ring (bicyclic) bond motifs is 1. The van der Waals surface area contributed by atoms with Gasteiger partial charge in [-0.3, -0.25) is 19.7 Å². The fraction of sp³-hybridized carbons (Fsp3) is 0.375. The van der Waals surface area contributed by atoms with Crippen molar-refractivity contribution < 1.29 is 18.9 Å². The van der Waals surface area contributed by atoms with Crippen molar-refractivity contribution in [1.29, 1.82) is 0 Å². The first-order chi connectivity index (χ1) is 11.0. The van der Waals surface area contributed by atoms with Crippen molar-refractivity contribution in [1.82, 2.24) is 10.5 Å². The van der Waals surface area contributed by atoms with Crippen LogP contribution in [0.5, 0.6) is 0 Å². The van der Waals surface area contributed by atoms with Gasteiger partial charge in [-0.1, -0.05) is 5.16 Å². The smallest absolute Gasteiger partial charge is 0.235 e. The van der Waals surface area contributed by atoms with Crippen LogP contribution in [-0.2, 0) is 14.4 Å². The Balaban J connectivity index is 1.67. The van der Waals surface area contributed by atoms with E-state index in [1.807, 2.05) is 30.0 Å². The summed E-state index contributed by atoms with van der Waals surface area (Å²) in [6, 6.07) is 5.47. The number of Topliss-reactive ketones (excluding diaryl/α,β-unsaturated/α-hetero) is 1. The third-order valence-corrected chi connectivity index (χ3v) is 4.64. The summed E-state index contributed by atoms with van der Waals surface area (Å²) in [5, 5.41) is 7.14. The standard InChI is InChI=1S/C16H15N3O4/c1-8-12(20)7-19(8)9-2-3-10-13(6-9)23-18-15(10)11-4-5-14(21)17-16(11)22/h2-3,6,8,11H,4-5,7H2,1H3,(H,17,21,22).